The third kappa shape index (κ3) is 2.75. The highest BCUT2D eigenvalue weighted by molar-refractivity contribution is 5.70. The number of nitrogens with zero attached hydrogens (tertiary/aromatic N) is 5. The number of hydrogen-bond donors (Lipinski definition) is 0. The Morgan fingerprint density at radius 3 is 2.91 bits per heavy atom. The van der Waals surface area contributed by atoms with Gasteiger partial charge in [0.2, 0.25) is 0 Å². The lowest BCUT2D eigenvalue weighted by Gasteiger charge is -2.06. The lowest BCUT2D eigenvalue weighted by atomic mass is 10.1. The molecule has 0 saturated carbocycles. The van der Waals surface area contributed by atoms with Gasteiger partial charge < -0.3 is 9.47 Å². The van der Waals surface area contributed by atoms with E-state index in [4.69, 9.17) is 9.47 Å². The van der Waals surface area contributed by atoms with Gasteiger partial charge >= 0.3 is 0 Å². The summed E-state index contributed by atoms with van der Waals surface area (Å²) < 4.78 is 12.3. The SMILES string of the molecule is COc1ccc(-n2nnc3cnc(C[C@H]4CCOC4)nc32)cc1. The zero-order valence-corrected chi connectivity index (χ0v) is 12.8. The van der Waals surface area contributed by atoms with Gasteiger partial charge in [-0.15, -0.1) is 5.10 Å². The van der Waals surface area contributed by atoms with E-state index in [1.807, 2.05) is 24.3 Å². The number of rotatable bonds is 4. The van der Waals surface area contributed by atoms with Crippen molar-refractivity contribution in [1.29, 1.82) is 0 Å². The largest absolute Gasteiger partial charge is 0.497 e. The summed E-state index contributed by atoms with van der Waals surface area (Å²) in [4.78, 5) is 9.06. The second kappa shape index (κ2) is 5.92. The molecule has 0 unspecified atom stereocenters. The number of methoxy groups -OCH3 is 1. The number of benzene rings is 1. The van der Waals surface area contributed by atoms with Gasteiger partial charge in [0.25, 0.3) is 0 Å². The first kappa shape index (κ1) is 14.1. The normalized spacial score (nSPS) is 17.7. The van der Waals surface area contributed by atoms with Crippen LogP contribution in [0, 0.1) is 5.92 Å². The first-order valence-electron chi connectivity index (χ1n) is 7.63. The molecule has 0 bridgehead atoms. The van der Waals surface area contributed by atoms with Crippen LogP contribution in [0.15, 0.2) is 30.5 Å². The molecule has 1 aliphatic rings. The van der Waals surface area contributed by atoms with Gasteiger partial charge in [0, 0.05) is 19.6 Å². The van der Waals surface area contributed by atoms with Gasteiger partial charge in [-0.3, -0.25) is 0 Å². The maximum atomic E-state index is 5.42. The Hall–Kier alpha value is -2.54. The fraction of sp³-hybridized carbons (Fsp3) is 0.375. The van der Waals surface area contributed by atoms with E-state index < -0.39 is 0 Å². The molecule has 7 nitrogen and oxygen atoms in total. The summed E-state index contributed by atoms with van der Waals surface area (Å²) >= 11 is 0. The van der Waals surface area contributed by atoms with Crippen LogP contribution < -0.4 is 4.74 Å². The van der Waals surface area contributed by atoms with Crippen molar-refractivity contribution in [2.75, 3.05) is 20.3 Å². The highest BCUT2D eigenvalue weighted by Crippen LogP contribution is 2.20. The molecular formula is C16H17N5O2. The molecule has 0 radical (unpaired) electrons. The summed E-state index contributed by atoms with van der Waals surface area (Å²) in [5.74, 6) is 2.11. The van der Waals surface area contributed by atoms with Crippen molar-refractivity contribution in [3.05, 3.63) is 36.3 Å². The van der Waals surface area contributed by atoms with Crippen molar-refractivity contribution in [1.82, 2.24) is 25.0 Å². The van der Waals surface area contributed by atoms with Crippen molar-refractivity contribution in [2.45, 2.75) is 12.8 Å². The lowest BCUT2D eigenvalue weighted by molar-refractivity contribution is 0.185. The van der Waals surface area contributed by atoms with Gasteiger partial charge in [0.05, 0.1) is 19.0 Å². The van der Waals surface area contributed by atoms with E-state index in [1.165, 1.54) is 0 Å². The molecule has 2 aromatic heterocycles. The van der Waals surface area contributed by atoms with Crippen LogP contribution >= 0.6 is 0 Å². The molecule has 23 heavy (non-hydrogen) atoms. The van der Waals surface area contributed by atoms with Gasteiger partial charge in [-0.2, -0.15) is 4.68 Å². The van der Waals surface area contributed by atoms with Crippen molar-refractivity contribution in [3.8, 4) is 11.4 Å². The zero-order valence-electron chi connectivity index (χ0n) is 12.8. The predicted octanol–water partition coefficient (Wildman–Crippen LogP) is 1.80. The Bertz CT molecular complexity index is 809. The average Bonchev–Trinajstić information content (AvgIpc) is 3.24. The molecule has 7 heteroatoms. The Morgan fingerprint density at radius 2 is 2.17 bits per heavy atom. The van der Waals surface area contributed by atoms with Crippen LogP contribution in [0.2, 0.25) is 0 Å². The predicted molar refractivity (Wildman–Crippen MR) is 83.6 cm³/mol. The molecule has 3 heterocycles. The van der Waals surface area contributed by atoms with Crippen LogP contribution in [0.25, 0.3) is 16.9 Å². The van der Waals surface area contributed by atoms with Crippen LogP contribution in [-0.2, 0) is 11.2 Å². The fourth-order valence-electron chi connectivity index (χ4n) is 2.76. The molecule has 3 aromatic rings. The molecule has 0 spiro atoms. The number of hydrogen-bond acceptors (Lipinski definition) is 6. The monoisotopic (exact) mass is 311 g/mol. The summed E-state index contributed by atoms with van der Waals surface area (Å²) in [5, 5.41) is 8.34. The topological polar surface area (TPSA) is 75.0 Å². The first-order chi connectivity index (χ1) is 11.3. The van der Waals surface area contributed by atoms with Crippen LogP contribution in [0.4, 0.5) is 0 Å². The Morgan fingerprint density at radius 1 is 1.30 bits per heavy atom. The Kier molecular flexibility index (Phi) is 3.63. The second-order valence-electron chi connectivity index (χ2n) is 5.63. The molecule has 1 atom stereocenters. The van der Waals surface area contributed by atoms with Crippen molar-refractivity contribution < 1.29 is 9.47 Å². The van der Waals surface area contributed by atoms with Gasteiger partial charge in [-0.05, 0) is 36.6 Å². The molecule has 1 aliphatic heterocycles. The van der Waals surface area contributed by atoms with Gasteiger partial charge in [0.15, 0.2) is 11.2 Å². The highest BCUT2D eigenvalue weighted by Gasteiger charge is 2.18. The average molecular weight is 311 g/mol. The van der Waals surface area contributed by atoms with Gasteiger partial charge in [-0.1, -0.05) is 5.21 Å². The zero-order chi connectivity index (χ0) is 15.6. The fourth-order valence-corrected chi connectivity index (χ4v) is 2.76. The minimum absolute atomic E-state index is 0.498. The van der Waals surface area contributed by atoms with Crippen LogP contribution in [0.1, 0.15) is 12.2 Å². The quantitative estimate of drug-likeness (QED) is 0.731. The molecule has 0 amide bonds. The van der Waals surface area contributed by atoms with E-state index >= 15 is 0 Å². The standard InChI is InChI=1S/C16H17N5O2/c1-22-13-4-2-12(3-5-13)21-16-14(19-20-21)9-17-15(18-16)8-11-6-7-23-10-11/h2-5,9,11H,6-8,10H2,1H3/t11-/m1/s1. The maximum Gasteiger partial charge on any atom is 0.187 e. The van der Waals surface area contributed by atoms with Crippen molar-refractivity contribution in [2.24, 2.45) is 5.92 Å². The molecule has 1 fully saturated rings. The summed E-state index contributed by atoms with van der Waals surface area (Å²) in [6.45, 7) is 1.62. The lowest BCUT2D eigenvalue weighted by Crippen LogP contribution is -2.08. The van der Waals surface area contributed by atoms with Gasteiger partial charge in [-0.25, -0.2) is 9.97 Å². The van der Waals surface area contributed by atoms with Crippen molar-refractivity contribution >= 4 is 11.2 Å². The maximum absolute atomic E-state index is 5.42. The smallest absolute Gasteiger partial charge is 0.187 e. The minimum atomic E-state index is 0.498. The third-order valence-corrected chi connectivity index (χ3v) is 4.05. The van der Waals surface area contributed by atoms with E-state index in [0.29, 0.717) is 11.4 Å². The molecule has 0 N–H and O–H groups in total. The van der Waals surface area contributed by atoms with Crippen molar-refractivity contribution in [3.63, 3.8) is 0 Å². The molecule has 4 rings (SSSR count). The van der Waals surface area contributed by atoms with E-state index in [2.05, 4.69) is 20.3 Å². The van der Waals surface area contributed by atoms with Gasteiger partial charge in [0.1, 0.15) is 11.6 Å². The second-order valence-corrected chi connectivity index (χ2v) is 5.63. The van der Waals surface area contributed by atoms with Crippen LogP contribution in [0.5, 0.6) is 5.75 Å². The van der Waals surface area contributed by atoms with Crippen LogP contribution in [-0.4, -0.2) is 45.3 Å². The molecule has 118 valence electrons. The summed E-state index contributed by atoms with van der Waals surface area (Å²) in [6.07, 6.45) is 3.63. The third-order valence-electron chi connectivity index (χ3n) is 4.05. The highest BCUT2D eigenvalue weighted by atomic mass is 16.5. The van der Waals surface area contributed by atoms with E-state index in [0.717, 1.165) is 49.0 Å². The summed E-state index contributed by atoms with van der Waals surface area (Å²) in [6, 6.07) is 7.64. The number of fused-ring (bicyclic) bond motifs is 1. The molecule has 0 aliphatic carbocycles. The molecule has 1 saturated heterocycles. The number of ether oxygens (including phenoxy) is 2. The van der Waals surface area contributed by atoms with E-state index in [1.54, 1.807) is 18.0 Å². The Labute approximate surface area is 133 Å². The summed E-state index contributed by atoms with van der Waals surface area (Å²) in [5.41, 5.74) is 2.30. The van der Waals surface area contributed by atoms with Crippen LogP contribution in [0.3, 0.4) is 0 Å². The minimum Gasteiger partial charge on any atom is -0.497 e. The number of aromatic nitrogens is 5. The molecular weight excluding hydrogens is 294 g/mol. The Balaban J connectivity index is 1.68. The van der Waals surface area contributed by atoms with E-state index in [9.17, 15) is 0 Å². The van der Waals surface area contributed by atoms with E-state index in [-0.39, 0.29) is 0 Å². The molecule has 1 aromatic carbocycles. The first-order valence-corrected chi connectivity index (χ1v) is 7.63. The summed E-state index contributed by atoms with van der Waals surface area (Å²) in [7, 11) is 1.64.